The third-order valence-electron chi connectivity index (χ3n) is 2.78. The van der Waals surface area contributed by atoms with Crippen molar-refractivity contribution in [2.45, 2.75) is 39.8 Å². The van der Waals surface area contributed by atoms with E-state index in [1.165, 1.54) is 0 Å². The molecule has 0 aromatic carbocycles. The number of anilines is 1. The molecule has 0 saturated carbocycles. The van der Waals surface area contributed by atoms with Gasteiger partial charge in [-0.05, 0) is 27.7 Å². The molecule has 2 aromatic heterocycles. The number of aromatic nitrogens is 3. The largest absolute Gasteiger partial charge is 0.357 e. The van der Waals surface area contributed by atoms with Crippen LogP contribution in [0.2, 0.25) is 0 Å². The van der Waals surface area contributed by atoms with E-state index < -0.39 is 0 Å². The first-order valence-electron chi connectivity index (χ1n) is 6.24. The lowest BCUT2D eigenvalue weighted by Gasteiger charge is -2.14. The van der Waals surface area contributed by atoms with Crippen molar-refractivity contribution in [3.8, 4) is 0 Å². The van der Waals surface area contributed by atoms with E-state index in [0.29, 0.717) is 5.82 Å². The zero-order valence-corrected chi connectivity index (χ0v) is 12.4. The summed E-state index contributed by atoms with van der Waals surface area (Å²) in [6, 6.07) is 0.0929. The fourth-order valence-electron chi connectivity index (χ4n) is 1.77. The Bertz CT molecular complexity index is 617. The first-order chi connectivity index (χ1) is 8.99. The topological polar surface area (TPSA) is 59.8 Å². The Hall–Kier alpha value is -1.69. The predicted molar refractivity (Wildman–Crippen MR) is 77.8 cm³/mol. The smallest absolute Gasteiger partial charge is 0.293 e. The Labute approximate surface area is 116 Å². The van der Waals surface area contributed by atoms with Crippen molar-refractivity contribution in [3.63, 3.8) is 0 Å². The number of thiazole rings is 1. The van der Waals surface area contributed by atoms with Crippen molar-refractivity contribution in [1.82, 2.24) is 14.5 Å². The predicted octanol–water partition coefficient (Wildman–Crippen LogP) is 2.76. The summed E-state index contributed by atoms with van der Waals surface area (Å²) in [6.07, 6.45) is 3.35. The van der Waals surface area contributed by atoms with Gasteiger partial charge in [0.1, 0.15) is 5.01 Å². The highest BCUT2D eigenvalue weighted by Crippen LogP contribution is 2.20. The van der Waals surface area contributed by atoms with Gasteiger partial charge in [0, 0.05) is 29.5 Å². The van der Waals surface area contributed by atoms with Gasteiger partial charge < -0.3 is 9.88 Å². The summed E-state index contributed by atoms with van der Waals surface area (Å²) in [4.78, 5) is 20.7. The molecule has 2 aromatic rings. The van der Waals surface area contributed by atoms with Gasteiger partial charge in [-0.15, -0.1) is 11.3 Å². The molecule has 6 heteroatoms. The average Bonchev–Trinajstić information content (AvgIpc) is 2.78. The molecule has 2 rings (SSSR count). The highest BCUT2D eigenvalue weighted by Gasteiger charge is 2.13. The second kappa shape index (κ2) is 5.52. The lowest BCUT2D eigenvalue weighted by atomic mass is 10.3. The minimum Gasteiger partial charge on any atom is -0.357 e. The zero-order chi connectivity index (χ0) is 14.0. The SMILES string of the molecule is Cc1csc(C(C)Nc2nccn(C(C)C)c2=O)n1. The molecular formula is C13H18N4OS. The van der Waals surface area contributed by atoms with E-state index in [9.17, 15) is 4.79 Å². The molecule has 1 atom stereocenters. The quantitative estimate of drug-likeness (QED) is 0.934. The van der Waals surface area contributed by atoms with Gasteiger partial charge in [0.2, 0.25) is 0 Å². The van der Waals surface area contributed by atoms with Crippen molar-refractivity contribution in [3.05, 3.63) is 38.8 Å². The number of nitrogens with one attached hydrogen (secondary N) is 1. The van der Waals surface area contributed by atoms with E-state index in [2.05, 4.69) is 15.3 Å². The van der Waals surface area contributed by atoms with Crippen LogP contribution in [0.4, 0.5) is 5.82 Å². The lowest BCUT2D eigenvalue weighted by molar-refractivity contribution is 0.574. The zero-order valence-electron chi connectivity index (χ0n) is 11.5. The molecule has 5 nitrogen and oxygen atoms in total. The van der Waals surface area contributed by atoms with E-state index in [1.807, 2.05) is 33.1 Å². The monoisotopic (exact) mass is 278 g/mol. The molecule has 0 aliphatic heterocycles. The van der Waals surface area contributed by atoms with Crippen molar-refractivity contribution >= 4 is 17.2 Å². The molecule has 0 amide bonds. The molecule has 102 valence electrons. The third kappa shape index (κ3) is 3.01. The average molecular weight is 278 g/mol. The minimum absolute atomic E-state index is 0.0260. The molecule has 19 heavy (non-hydrogen) atoms. The van der Waals surface area contributed by atoms with Crippen LogP contribution in [0.15, 0.2) is 22.6 Å². The molecule has 0 aliphatic carbocycles. The van der Waals surface area contributed by atoms with E-state index in [1.54, 1.807) is 28.3 Å². The normalized spacial score (nSPS) is 12.7. The Morgan fingerprint density at radius 2 is 2.11 bits per heavy atom. The van der Waals surface area contributed by atoms with Crippen LogP contribution >= 0.6 is 11.3 Å². The second-order valence-electron chi connectivity index (χ2n) is 4.78. The third-order valence-corrected chi connectivity index (χ3v) is 3.93. The summed E-state index contributed by atoms with van der Waals surface area (Å²) in [6.45, 7) is 7.88. The van der Waals surface area contributed by atoms with Crippen LogP contribution < -0.4 is 10.9 Å². The molecule has 0 aliphatic rings. The van der Waals surface area contributed by atoms with Gasteiger partial charge >= 0.3 is 0 Å². The van der Waals surface area contributed by atoms with Crippen molar-refractivity contribution in [2.24, 2.45) is 0 Å². The Morgan fingerprint density at radius 3 is 2.68 bits per heavy atom. The molecular weight excluding hydrogens is 260 g/mol. The van der Waals surface area contributed by atoms with Gasteiger partial charge in [-0.1, -0.05) is 0 Å². The Morgan fingerprint density at radius 1 is 1.37 bits per heavy atom. The minimum atomic E-state index is -0.0994. The maximum Gasteiger partial charge on any atom is 0.293 e. The number of hydrogen-bond donors (Lipinski definition) is 1. The van der Waals surface area contributed by atoms with Gasteiger partial charge in [0.15, 0.2) is 5.82 Å². The summed E-state index contributed by atoms with van der Waals surface area (Å²) < 4.78 is 1.66. The Kier molecular flexibility index (Phi) is 3.99. The fourth-order valence-corrected chi connectivity index (χ4v) is 2.57. The van der Waals surface area contributed by atoms with Crippen molar-refractivity contribution < 1.29 is 0 Å². The van der Waals surface area contributed by atoms with Crippen LogP contribution in [0.5, 0.6) is 0 Å². The first kappa shape index (κ1) is 13.7. The number of rotatable bonds is 4. The van der Waals surface area contributed by atoms with E-state index in [-0.39, 0.29) is 17.6 Å². The number of hydrogen-bond acceptors (Lipinski definition) is 5. The van der Waals surface area contributed by atoms with Crippen LogP contribution in [0, 0.1) is 6.92 Å². The molecule has 0 bridgehead atoms. The maximum absolute atomic E-state index is 12.2. The fraction of sp³-hybridized carbons (Fsp3) is 0.462. The maximum atomic E-state index is 12.2. The van der Waals surface area contributed by atoms with E-state index >= 15 is 0 Å². The van der Waals surface area contributed by atoms with Crippen LogP contribution in [0.1, 0.15) is 43.6 Å². The van der Waals surface area contributed by atoms with Crippen LogP contribution in [-0.4, -0.2) is 14.5 Å². The van der Waals surface area contributed by atoms with Crippen molar-refractivity contribution in [2.75, 3.05) is 5.32 Å². The van der Waals surface area contributed by atoms with Crippen molar-refractivity contribution in [1.29, 1.82) is 0 Å². The van der Waals surface area contributed by atoms with Crippen LogP contribution in [0.25, 0.3) is 0 Å². The lowest BCUT2D eigenvalue weighted by Crippen LogP contribution is -2.26. The van der Waals surface area contributed by atoms with Gasteiger partial charge in [-0.25, -0.2) is 9.97 Å². The number of nitrogens with zero attached hydrogens (tertiary/aromatic N) is 3. The molecule has 0 spiro atoms. The summed E-state index contributed by atoms with van der Waals surface area (Å²) >= 11 is 1.58. The molecule has 0 fully saturated rings. The second-order valence-corrected chi connectivity index (χ2v) is 5.66. The van der Waals surface area contributed by atoms with Gasteiger partial charge in [-0.3, -0.25) is 4.79 Å². The standard InChI is InChI=1S/C13H18N4OS/c1-8(2)17-6-5-14-11(13(17)18)16-10(4)12-15-9(3)7-19-12/h5-8,10H,1-4H3,(H,14,16). The highest BCUT2D eigenvalue weighted by atomic mass is 32.1. The molecule has 0 saturated heterocycles. The van der Waals surface area contributed by atoms with E-state index in [0.717, 1.165) is 10.7 Å². The molecule has 0 radical (unpaired) electrons. The molecule has 1 N–H and O–H groups in total. The molecule has 1 unspecified atom stereocenters. The summed E-state index contributed by atoms with van der Waals surface area (Å²) in [5.74, 6) is 0.372. The van der Waals surface area contributed by atoms with Gasteiger partial charge in [-0.2, -0.15) is 0 Å². The highest BCUT2D eigenvalue weighted by molar-refractivity contribution is 7.09. The summed E-state index contributed by atoms with van der Waals surface area (Å²) in [5.41, 5.74) is 0.895. The number of aryl methyl sites for hydroxylation is 1. The van der Waals surface area contributed by atoms with Crippen LogP contribution in [-0.2, 0) is 0 Å². The Balaban J connectivity index is 2.24. The van der Waals surface area contributed by atoms with Crippen LogP contribution in [0.3, 0.4) is 0 Å². The van der Waals surface area contributed by atoms with Gasteiger partial charge in [0.25, 0.3) is 5.56 Å². The van der Waals surface area contributed by atoms with E-state index in [4.69, 9.17) is 0 Å². The summed E-state index contributed by atoms with van der Waals surface area (Å²) in [7, 11) is 0. The summed E-state index contributed by atoms with van der Waals surface area (Å²) in [5, 5.41) is 6.09. The molecule has 2 heterocycles. The first-order valence-corrected chi connectivity index (χ1v) is 7.12. The van der Waals surface area contributed by atoms with Gasteiger partial charge in [0.05, 0.1) is 6.04 Å².